The average molecular weight is 428 g/mol. The van der Waals surface area contributed by atoms with Gasteiger partial charge in [-0.25, -0.2) is 13.1 Å². The smallest absolute Gasteiger partial charge is 0.252 e. The number of para-hydroxylation sites is 1. The fraction of sp³-hybridized carbons (Fsp3) is 0.273. The summed E-state index contributed by atoms with van der Waals surface area (Å²) < 4.78 is 28.7. The summed E-state index contributed by atoms with van der Waals surface area (Å²) in [5, 5.41) is 3.49. The summed E-state index contributed by atoms with van der Waals surface area (Å²) in [6.45, 7) is 3.67. The lowest BCUT2D eigenvalue weighted by Crippen LogP contribution is -2.32. The van der Waals surface area contributed by atoms with E-state index in [0.29, 0.717) is 27.6 Å². The number of carbonyl (C=O) groups excluding carboxylic acids is 1. The third-order valence-electron chi connectivity index (χ3n) is 4.72. The lowest BCUT2D eigenvalue weighted by atomic mass is 10.1. The Morgan fingerprint density at radius 3 is 2.37 bits per heavy atom. The van der Waals surface area contributed by atoms with Crippen molar-refractivity contribution in [1.82, 2.24) is 14.6 Å². The van der Waals surface area contributed by atoms with E-state index < -0.39 is 10.0 Å². The molecule has 7 nitrogen and oxygen atoms in total. The van der Waals surface area contributed by atoms with Gasteiger partial charge in [0.05, 0.1) is 16.8 Å². The highest BCUT2D eigenvalue weighted by atomic mass is 32.2. The molecule has 3 aromatic rings. The minimum absolute atomic E-state index is 0.149. The van der Waals surface area contributed by atoms with Crippen LogP contribution in [0.4, 0.5) is 0 Å². The minimum Gasteiger partial charge on any atom is -0.348 e. The van der Waals surface area contributed by atoms with E-state index >= 15 is 0 Å². The maximum atomic E-state index is 12.8. The Morgan fingerprint density at radius 2 is 1.67 bits per heavy atom. The molecule has 8 heteroatoms. The van der Waals surface area contributed by atoms with Crippen LogP contribution in [0, 0.1) is 0 Å². The predicted molar refractivity (Wildman–Crippen MR) is 118 cm³/mol. The number of benzene rings is 2. The van der Waals surface area contributed by atoms with Gasteiger partial charge in [0.2, 0.25) is 10.0 Å². The van der Waals surface area contributed by atoms with E-state index in [1.807, 2.05) is 12.1 Å². The highest BCUT2D eigenvalue weighted by Gasteiger charge is 2.17. The van der Waals surface area contributed by atoms with E-state index in [9.17, 15) is 18.0 Å². The normalized spacial score (nSPS) is 11.7. The highest BCUT2D eigenvalue weighted by Crippen LogP contribution is 2.17. The number of amides is 1. The van der Waals surface area contributed by atoms with Gasteiger partial charge >= 0.3 is 0 Å². The van der Waals surface area contributed by atoms with Gasteiger partial charge in [0.1, 0.15) is 0 Å². The molecule has 0 fully saturated rings. The first-order valence-corrected chi connectivity index (χ1v) is 11.3. The summed E-state index contributed by atoms with van der Waals surface area (Å²) in [6.07, 6.45) is 0. The van der Waals surface area contributed by atoms with E-state index in [2.05, 4.69) is 10.0 Å². The van der Waals surface area contributed by atoms with Crippen LogP contribution in [0.15, 0.2) is 59.4 Å². The first kappa shape index (κ1) is 21.7. The number of rotatable bonds is 7. The van der Waals surface area contributed by atoms with Gasteiger partial charge in [0.25, 0.3) is 11.5 Å². The Hall–Kier alpha value is -2.97. The van der Waals surface area contributed by atoms with Crippen molar-refractivity contribution in [2.24, 2.45) is 7.05 Å². The van der Waals surface area contributed by atoms with Crippen LogP contribution in [0.1, 0.15) is 35.3 Å². The Kier molecular flexibility index (Phi) is 6.38. The van der Waals surface area contributed by atoms with Crippen molar-refractivity contribution >= 4 is 26.8 Å². The van der Waals surface area contributed by atoms with Gasteiger partial charge in [-0.2, -0.15) is 0 Å². The molecule has 1 heterocycles. The van der Waals surface area contributed by atoms with Crippen molar-refractivity contribution in [2.75, 3.05) is 0 Å². The number of aryl methyl sites for hydroxylation is 1. The highest BCUT2D eigenvalue weighted by molar-refractivity contribution is 7.88. The molecule has 0 spiro atoms. The SMILES string of the molecule is CC(C)NS(=O)(=O)Cc1ccccc1CNC(=O)c1cc(=O)n(C)c2ccccc12. The predicted octanol–water partition coefficient (Wildman–Crippen LogP) is 2.30. The number of hydrogen-bond donors (Lipinski definition) is 2. The fourth-order valence-corrected chi connectivity index (χ4v) is 4.84. The molecule has 0 saturated carbocycles. The molecule has 30 heavy (non-hydrogen) atoms. The van der Waals surface area contributed by atoms with Crippen molar-refractivity contribution in [3.05, 3.63) is 81.6 Å². The molecule has 0 bridgehead atoms. The zero-order chi connectivity index (χ0) is 21.9. The number of nitrogens with one attached hydrogen (secondary N) is 2. The van der Waals surface area contributed by atoms with Gasteiger partial charge in [-0.05, 0) is 31.0 Å². The fourth-order valence-electron chi connectivity index (χ4n) is 3.35. The summed E-state index contributed by atoms with van der Waals surface area (Å²) in [5.41, 5.74) is 2.00. The van der Waals surface area contributed by atoms with Gasteiger partial charge in [0, 0.05) is 31.1 Å². The number of pyridine rings is 1. The van der Waals surface area contributed by atoms with Crippen molar-refractivity contribution < 1.29 is 13.2 Å². The van der Waals surface area contributed by atoms with Gasteiger partial charge in [-0.1, -0.05) is 42.5 Å². The van der Waals surface area contributed by atoms with Crippen LogP contribution >= 0.6 is 0 Å². The molecule has 2 aromatic carbocycles. The largest absolute Gasteiger partial charge is 0.348 e. The number of carbonyl (C=O) groups is 1. The summed E-state index contributed by atoms with van der Waals surface area (Å²) in [6, 6.07) is 15.4. The molecule has 0 aliphatic rings. The van der Waals surface area contributed by atoms with E-state index in [1.54, 1.807) is 57.3 Å². The second-order valence-corrected chi connectivity index (χ2v) is 9.21. The Bertz CT molecular complexity index is 1250. The van der Waals surface area contributed by atoms with E-state index in [-0.39, 0.29) is 29.8 Å². The van der Waals surface area contributed by atoms with Crippen LogP contribution in [-0.4, -0.2) is 24.9 Å². The maximum absolute atomic E-state index is 12.8. The minimum atomic E-state index is -3.49. The molecule has 3 rings (SSSR count). The van der Waals surface area contributed by atoms with Gasteiger partial charge in [-0.15, -0.1) is 0 Å². The van der Waals surface area contributed by atoms with E-state index in [1.165, 1.54) is 10.6 Å². The zero-order valence-electron chi connectivity index (χ0n) is 17.2. The molecule has 0 saturated heterocycles. The van der Waals surface area contributed by atoms with Crippen molar-refractivity contribution in [3.8, 4) is 0 Å². The first-order valence-electron chi connectivity index (χ1n) is 9.61. The van der Waals surface area contributed by atoms with Crippen LogP contribution in [0.2, 0.25) is 0 Å². The zero-order valence-corrected chi connectivity index (χ0v) is 18.0. The molecule has 1 amide bonds. The standard InChI is InChI=1S/C22H25N3O4S/c1-15(2)24-30(28,29)14-17-9-5-4-8-16(17)13-23-22(27)19-12-21(26)25(3)20-11-7-6-10-18(19)20/h4-12,15,24H,13-14H2,1-3H3,(H,23,27). The van der Waals surface area contributed by atoms with Gasteiger partial charge in [0.15, 0.2) is 0 Å². The third-order valence-corrected chi connectivity index (χ3v) is 6.24. The van der Waals surface area contributed by atoms with Gasteiger partial charge in [-0.3, -0.25) is 9.59 Å². The maximum Gasteiger partial charge on any atom is 0.252 e. The number of sulfonamides is 1. The van der Waals surface area contributed by atoms with Crippen molar-refractivity contribution in [1.29, 1.82) is 0 Å². The summed E-state index contributed by atoms with van der Waals surface area (Å²) in [4.78, 5) is 25.1. The average Bonchev–Trinajstić information content (AvgIpc) is 2.68. The quantitative estimate of drug-likeness (QED) is 0.605. The van der Waals surface area contributed by atoms with Crippen LogP contribution < -0.4 is 15.6 Å². The lowest BCUT2D eigenvalue weighted by molar-refractivity contribution is 0.0952. The van der Waals surface area contributed by atoms with Crippen LogP contribution in [0.25, 0.3) is 10.9 Å². The first-order chi connectivity index (χ1) is 14.2. The number of nitrogens with zero attached hydrogens (tertiary/aromatic N) is 1. The summed E-state index contributed by atoms with van der Waals surface area (Å²) in [7, 11) is -1.83. The third kappa shape index (κ3) is 4.95. The molecule has 0 unspecified atom stereocenters. The molecule has 158 valence electrons. The van der Waals surface area contributed by atoms with Crippen molar-refractivity contribution in [3.63, 3.8) is 0 Å². The second-order valence-electron chi connectivity index (χ2n) is 7.46. The molecular formula is C22H25N3O4S. The molecule has 2 N–H and O–H groups in total. The summed E-state index contributed by atoms with van der Waals surface area (Å²) >= 11 is 0. The number of aromatic nitrogens is 1. The molecule has 0 atom stereocenters. The Balaban J connectivity index is 1.84. The molecule has 0 aliphatic carbocycles. The van der Waals surface area contributed by atoms with Crippen LogP contribution in [-0.2, 0) is 29.4 Å². The molecule has 0 radical (unpaired) electrons. The molecular weight excluding hydrogens is 402 g/mol. The number of fused-ring (bicyclic) bond motifs is 1. The number of hydrogen-bond acceptors (Lipinski definition) is 4. The lowest BCUT2D eigenvalue weighted by Gasteiger charge is -2.14. The Morgan fingerprint density at radius 1 is 1.03 bits per heavy atom. The second kappa shape index (κ2) is 8.81. The topological polar surface area (TPSA) is 97.3 Å². The monoisotopic (exact) mass is 427 g/mol. The Labute approximate surface area is 175 Å². The van der Waals surface area contributed by atoms with Crippen molar-refractivity contribution in [2.45, 2.75) is 32.2 Å². The van der Waals surface area contributed by atoms with Crippen LogP contribution in [0.5, 0.6) is 0 Å². The summed E-state index contributed by atoms with van der Waals surface area (Å²) in [5.74, 6) is -0.562. The van der Waals surface area contributed by atoms with E-state index in [0.717, 1.165) is 0 Å². The van der Waals surface area contributed by atoms with E-state index in [4.69, 9.17) is 0 Å². The van der Waals surface area contributed by atoms with Crippen LogP contribution in [0.3, 0.4) is 0 Å². The molecule has 0 aliphatic heterocycles. The van der Waals surface area contributed by atoms with Gasteiger partial charge < -0.3 is 9.88 Å². The molecule has 1 aromatic heterocycles.